The van der Waals surface area contributed by atoms with Crippen molar-refractivity contribution in [3.8, 4) is 5.75 Å². The van der Waals surface area contributed by atoms with Crippen molar-refractivity contribution < 1.29 is 19.7 Å². The summed E-state index contributed by atoms with van der Waals surface area (Å²) < 4.78 is 4.63. The molecule has 1 aromatic rings. The first-order chi connectivity index (χ1) is 7.65. The van der Waals surface area contributed by atoms with Crippen LogP contribution >= 0.6 is 0 Å². The number of carbonyl (C=O) groups is 1. The lowest BCUT2D eigenvalue weighted by Gasteiger charge is -1.98. The summed E-state index contributed by atoms with van der Waals surface area (Å²) in [5.74, 6) is -1.16. The highest BCUT2D eigenvalue weighted by Crippen LogP contribution is 2.17. The molecule has 0 fully saturated rings. The van der Waals surface area contributed by atoms with Gasteiger partial charge in [0, 0.05) is 5.56 Å². The van der Waals surface area contributed by atoms with E-state index in [2.05, 4.69) is 4.74 Å². The first-order valence-electron chi connectivity index (χ1n) is 4.59. The van der Waals surface area contributed by atoms with E-state index in [-0.39, 0.29) is 11.5 Å². The molecular weight excluding hydrogens is 208 g/mol. The number of rotatable bonds is 4. The van der Waals surface area contributed by atoms with Crippen LogP contribution < -0.4 is 0 Å². The van der Waals surface area contributed by atoms with Gasteiger partial charge in [-0.05, 0) is 12.1 Å². The van der Waals surface area contributed by atoms with Crippen LogP contribution in [0.25, 0.3) is 6.08 Å². The highest BCUT2D eigenvalue weighted by atomic mass is 16.5. The van der Waals surface area contributed by atoms with Crippen molar-refractivity contribution in [3.63, 3.8) is 0 Å². The minimum atomic E-state index is -1.13. The Bertz CT molecular complexity index is 432. The molecule has 0 aliphatic rings. The molecule has 4 heteroatoms. The standard InChI is InChI=1S/C12H12O4/c1-16-11(12(14)15)8-4-6-9-5-2-3-7-10(9)13/h2-8,13H,1H3,(H,14,15)/b6-4+,11-8+. The van der Waals surface area contributed by atoms with E-state index < -0.39 is 5.97 Å². The number of ether oxygens (including phenoxy) is 1. The summed E-state index contributed by atoms with van der Waals surface area (Å²) in [6.45, 7) is 0. The van der Waals surface area contributed by atoms with Gasteiger partial charge in [0.15, 0.2) is 0 Å². The number of aliphatic carboxylic acids is 1. The second-order valence-electron chi connectivity index (χ2n) is 2.96. The molecule has 0 bridgehead atoms. The molecule has 0 aliphatic carbocycles. The minimum Gasteiger partial charge on any atom is -0.507 e. The third-order valence-corrected chi connectivity index (χ3v) is 1.89. The van der Waals surface area contributed by atoms with Crippen molar-refractivity contribution in [1.29, 1.82) is 0 Å². The van der Waals surface area contributed by atoms with E-state index in [1.165, 1.54) is 19.3 Å². The number of carboxylic acids is 1. The maximum absolute atomic E-state index is 10.6. The predicted molar refractivity (Wildman–Crippen MR) is 59.9 cm³/mol. The Morgan fingerprint density at radius 2 is 2.06 bits per heavy atom. The number of allylic oxidation sites excluding steroid dienone is 2. The molecule has 0 unspecified atom stereocenters. The van der Waals surface area contributed by atoms with Gasteiger partial charge in [0.2, 0.25) is 5.76 Å². The van der Waals surface area contributed by atoms with Gasteiger partial charge >= 0.3 is 5.97 Å². The number of phenols is 1. The predicted octanol–water partition coefficient (Wildman–Crippen LogP) is 2.02. The molecular formula is C12H12O4. The fraction of sp³-hybridized carbons (Fsp3) is 0.0833. The van der Waals surface area contributed by atoms with Crippen molar-refractivity contribution in [2.45, 2.75) is 0 Å². The molecule has 0 amide bonds. The molecule has 0 spiro atoms. The molecule has 0 saturated carbocycles. The smallest absolute Gasteiger partial charge is 0.371 e. The van der Waals surface area contributed by atoms with Crippen LogP contribution in [0, 0.1) is 0 Å². The van der Waals surface area contributed by atoms with E-state index in [0.717, 1.165) is 0 Å². The SMILES string of the molecule is CO/C(=C/C=C/c1ccccc1O)C(=O)O. The van der Waals surface area contributed by atoms with Crippen molar-refractivity contribution in [3.05, 3.63) is 47.7 Å². The second-order valence-corrected chi connectivity index (χ2v) is 2.96. The molecule has 0 aliphatic heterocycles. The average Bonchev–Trinajstić information content (AvgIpc) is 2.26. The zero-order chi connectivity index (χ0) is 12.0. The quantitative estimate of drug-likeness (QED) is 0.463. The first kappa shape index (κ1) is 11.8. The summed E-state index contributed by atoms with van der Waals surface area (Å²) >= 11 is 0. The lowest BCUT2D eigenvalue weighted by Crippen LogP contribution is -2.01. The summed E-state index contributed by atoms with van der Waals surface area (Å²) in [4.78, 5) is 10.6. The topological polar surface area (TPSA) is 66.8 Å². The Morgan fingerprint density at radius 3 is 2.62 bits per heavy atom. The van der Waals surface area contributed by atoms with Crippen LogP contribution in [0.4, 0.5) is 0 Å². The summed E-state index contributed by atoms with van der Waals surface area (Å²) in [6.07, 6.45) is 4.41. The molecule has 1 aromatic carbocycles. The van der Waals surface area contributed by atoms with Crippen LogP contribution in [0.3, 0.4) is 0 Å². The van der Waals surface area contributed by atoms with E-state index in [4.69, 9.17) is 5.11 Å². The fourth-order valence-electron chi connectivity index (χ4n) is 1.09. The van der Waals surface area contributed by atoms with Gasteiger partial charge in [0.05, 0.1) is 7.11 Å². The normalized spacial score (nSPS) is 11.7. The number of hydrogen-bond donors (Lipinski definition) is 2. The Hall–Kier alpha value is -2.23. The molecule has 4 nitrogen and oxygen atoms in total. The number of hydrogen-bond acceptors (Lipinski definition) is 3. The van der Waals surface area contributed by atoms with Gasteiger partial charge in [-0.2, -0.15) is 0 Å². The zero-order valence-corrected chi connectivity index (χ0v) is 8.75. The molecule has 2 N–H and O–H groups in total. The van der Waals surface area contributed by atoms with E-state index in [9.17, 15) is 9.90 Å². The molecule has 84 valence electrons. The first-order valence-corrected chi connectivity index (χ1v) is 4.59. The number of phenolic OH excluding ortho intramolecular Hbond substituents is 1. The fourth-order valence-corrected chi connectivity index (χ4v) is 1.09. The zero-order valence-electron chi connectivity index (χ0n) is 8.75. The van der Waals surface area contributed by atoms with E-state index in [0.29, 0.717) is 5.56 Å². The summed E-state index contributed by atoms with van der Waals surface area (Å²) in [5, 5.41) is 18.1. The Morgan fingerprint density at radius 1 is 1.38 bits per heavy atom. The Balaban J connectivity index is 2.82. The van der Waals surface area contributed by atoms with Gasteiger partial charge < -0.3 is 14.9 Å². The van der Waals surface area contributed by atoms with Crippen LogP contribution in [0.15, 0.2) is 42.2 Å². The second kappa shape index (κ2) is 5.60. The summed E-state index contributed by atoms with van der Waals surface area (Å²) in [5.41, 5.74) is 0.611. The van der Waals surface area contributed by atoms with Gasteiger partial charge in [0.1, 0.15) is 5.75 Å². The monoisotopic (exact) mass is 220 g/mol. The highest BCUT2D eigenvalue weighted by Gasteiger charge is 2.03. The number of para-hydroxylation sites is 1. The third-order valence-electron chi connectivity index (χ3n) is 1.89. The Kier molecular flexibility index (Phi) is 4.15. The van der Waals surface area contributed by atoms with Crippen LogP contribution in [0.2, 0.25) is 0 Å². The molecule has 0 radical (unpaired) electrons. The van der Waals surface area contributed by atoms with Gasteiger partial charge in [-0.25, -0.2) is 4.79 Å². The van der Waals surface area contributed by atoms with E-state index >= 15 is 0 Å². The number of carboxylic acid groups (broad SMARTS) is 1. The van der Waals surface area contributed by atoms with Crippen molar-refractivity contribution >= 4 is 12.0 Å². The van der Waals surface area contributed by atoms with E-state index in [1.807, 2.05) is 0 Å². The molecule has 0 saturated heterocycles. The third kappa shape index (κ3) is 3.16. The number of methoxy groups -OCH3 is 1. The molecule has 0 heterocycles. The molecule has 0 aromatic heterocycles. The number of benzene rings is 1. The molecule has 16 heavy (non-hydrogen) atoms. The molecule has 0 atom stereocenters. The van der Waals surface area contributed by atoms with Gasteiger partial charge in [-0.15, -0.1) is 0 Å². The lowest BCUT2D eigenvalue weighted by molar-refractivity contribution is -0.136. The van der Waals surface area contributed by atoms with Crippen molar-refractivity contribution in [2.24, 2.45) is 0 Å². The van der Waals surface area contributed by atoms with E-state index in [1.54, 1.807) is 30.3 Å². The van der Waals surface area contributed by atoms with Gasteiger partial charge in [-0.1, -0.05) is 30.4 Å². The summed E-state index contributed by atoms with van der Waals surface area (Å²) in [6, 6.07) is 6.75. The van der Waals surface area contributed by atoms with Crippen LogP contribution in [0.1, 0.15) is 5.56 Å². The summed E-state index contributed by atoms with van der Waals surface area (Å²) in [7, 11) is 1.29. The van der Waals surface area contributed by atoms with Crippen LogP contribution in [-0.2, 0) is 9.53 Å². The maximum atomic E-state index is 10.6. The largest absolute Gasteiger partial charge is 0.507 e. The Labute approximate surface area is 93.1 Å². The van der Waals surface area contributed by atoms with Crippen LogP contribution in [0.5, 0.6) is 5.75 Å². The highest BCUT2D eigenvalue weighted by molar-refractivity contribution is 5.84. The van der Waals surface area contributed by atoms with Gasteiger partial charge in [0.25, 0.3) is 0 Å². The number of aromatic hydroxyl groups is 1. The van der Waals surface area contributed by atoms with Crippen molar-refractivity contribution in [2.75, 3.05) is 7.11 Å². The maximum Gasteiger partial charge on any atom is 0.371 e. The van der Waals surface area contributed by atoms with Crippen molar-refractivity contribution in [1.82, 2.24) is 0 Å². The van der Waals surface area contributed by atoms with Crippen LogP contribution in [-0.4, -0.2) is 23.3 Å². The minimum absolute atomic E-state index is 0.140. The van der Waals surface area contributed by atoms with Gasteiger partial charge in [-0.3, -0.25) is 0 Å². The average molecular weight is 220 g/mol. The molecule has 1 rings (SSSR count). The lowest BCUT2D eigenvalue weighted by atomic mass is 10.2.